The predicted octanol–water partition coefficient (Wildman–Crippen LogP) is 3.93. The highest BCUT2D eigenvalue weighted by atomic mass is 16.6. The second-order valence-electron chi connectivity index (χ2n) is 14.6. The van der Waals surface area contributed by atoms with Gasteiger partial charge in [0, 0.05) is 82.8 Å². The number of para-hydroxylation sites is 1. The molecule has 1 amide bonds. The number of benzene rings is 1. The summed E-state index contributed by atoms with van der Waals surface area (Å²) in [6.07, 6.45) is 4.15. The number of piperidine rings is 1. The summed E-state index contributed by atoms with van der Waals surface area (Å²) in [5, 5.41) is 2.77. The van der Waals surface area contributed by atoms with Crippen LogP contribution in [0, 0.1) is 40.4 Å². The molecule has 7 bridgehead atoms. The van der Waals surface area contributed by atoms with E-state index in [4.69, 9.17) is 23.7 Å². The van der Waals surface area contributed by atoms with Crippen LogP contribution in [0.4, 0.5) is 5.69 Å². The molecule has 5 aliphatic carbocycles. The smallest absolute Gasteiger partial charge is 0.340 e. The van der Waals surface area contributed by atoms with Crippen molar-refractivity contribution >= 4 is 23.5 Å². The predicted molar refractivity (Wildman–Crippen MR) is 164 cm³/mol. The fourth-order valence-corrected chi connectivity index (χ4v) is 12.3. The Labute approximate surface area is 265 Å². The van der Waals surface area contributed by atoms with Gasteiger partial charge in [0.05, 0.1) is 36.2 Å². The monoisotopic (exact) mass is 624 g/mol. The molecule has 1 heterocycles. The molecule has 45 heavy (non-hydrogen) atoms. The number of rotatable bonds is 9. The summed E-state index contributed by atoms with van der Waals surface area (Å²) in [7, 11) is 5.42. The Hall–Kier alpha value is -2.53. The molecule has 6 fully saturated rings. The molecule has 1 spiro atoms. The zero-order chi connectivity index (χ0) is 31.9. The Morgan fingerprint density at radius 3 is 2.47 bits per heavy atom. The maximum absolute atomic E-state index is 13.7. The van der Waals surface area contributed by atoms with Crippen LogP contribution in [0.25, 0.3) is 0 Å². The van der Waals surface area contributed by atoms with Crippen molar-refractivity contribution in [2.45, 2.75) is 82.8 Å². The molecule has 10 heteroatoms. The summed E-state index contributed by atoms with van der Waals surface area (Å²) in [5.74, 6) is -0.161. The molecule has 1 N–H and O–H groups in total. The minimum Gasteiger partial charge on any atom is -0.461 e. The lowest BCUT2D eigenvalue weighted by Gasteiger charge is -2.69. The molecular formula is C35H48N2O8. The molecule has 10 nitrogen and oxygen atoms in total. The molecule has 1 saturated heterocycles. The van der Waals surface area contributed by atoms with Gasteiger partial charge >= 0.3 is 11.9 Å². The number of esters is 2. The van der Waals surface area contributed by atoms with Crippen molar-refractivity contribution < 1.29 is 38.1 Å². The van der Waals surface area contributed by atoms with Crippen LogP contribution < -0.4 is 5.32 Å². The number of anilines is 1. The summed E-state index contributed by atoms with van der Waals surface area (Å²) in [6, 6.07) is 7.18. The van der Waals surface area contributed by atoms with Crippen LogP contribution in [0.3, 0.4) is 0 Å². The van der Waals surface area contributed by atoms with E-state index in [0.717, 1.165) is 38.8 Å². The van der Waals surface area contributed by atoms with Crippen LogP contribution in [-0.2, 0) is 33.3 Å². The van der Waals surface area contributed by atoms with Crippen LogP contribution in [0.15, 0.2) is 24.3 Å². The number of carbonyl (C=O) groups is 3. The third-order valence-corrected chi connectivity index (χ3v) is 13.2. The Kier molecular flexibility index (Phi) is 7.62. The summed E-state index contributed by atoms with van der Waals surface area (Å²) in [5.41, 5.74) is -0.380. The van der Waals surface area contributed by atoms with Gasteiger partial charge in [0.1, 0.15) is 5.60 Å². The highest BCUT2D eigenvalue weighted by Gasteiger charge is 2.85. The fourth-order valence-electron chi connectivity index (χ4n) is 12.3. The zero-order valence-corrected chi connectivity index (χ0v) is 27.4. The number of nitrogens with zero attached hydrogens (tertiary/aromatic N) is 1. The van der Waals surface area contributed by atoms with E-state index in [0.29, 0.717) is 17.7 Å². The highest BCUT2D eigenvalue weighted by Crippen LogP contribution is 2.80. The topological polar surface area (TPSA) is 113 Å². The van der Waals surface area contributed by atoms with E-state index in [1.54, 1.807) is 38.5 Å². The quantitative estimate of drug-likeness (QED) is 0.409. The Morgan fingerprint density at radius 2 is 1.80 bits per heavy atom. The first kappa shape index (κ1) is 31.1. The van der Waals surface area contributed by atoms with Crippen LogP contribution in [0.1, 0.15) is 63.2 Å². The van der Waals surface area contributed by atoms with E-state index >= 15 is 0 Å². The summed E-state index contributed by atoms with van der Waals surface area (Å²) in [6.45, 7) is 7.11. The zero-order valence-electron chi connectivity index (χ0n) is 27.4. The lowest BCUT2D eigenvalue weighted by atomic mass is 9.43. The Balaban J connectivity index is 1.32. The highest BCUT2D eigenvalue weighted by molar-refractivity contribution is 6.00. The van der Waals surface area contributed by atoms with Crippen LogP contribution in [0.5, 0.6) is 0 Å². The molecule has 1 aliphatic heterocycles. The van der Waals surface area contributed by atoms with E-state index in [1.807, 2.05) is 7.11 Å². The van der Waals surface area contributed by atoms with Gasteiger partial charge in [-0.25, -0.2) is 4.79 Å². The van der Waals surface area contributed by atoms with Crippen molar-refractivity contribution in [3.05, 3.63) is 29.8 Å². The number of amides is 1. The number of hydrogen-bond acceptors (Lipinski definition) is 9. The van der Waals surface area contributed by atoms with Gasteiger partial charge in [0.2, 0.25) is 5.91 Å². The molecular weight excluding hydrogens is 576 g/mol. The lowest BCUT2D eigenvalue weighted by molar-refractivity contribution is -0.281. The van der Waals surface area contributed by atoms with Gasteiger partial charge in [-0.1, -0.05) is 19.1 Å². The standard InChI is InChI=1S/C35H48N2O8/c1-7-37-17-33(18-44-32(40)21-10-8-9-11-25(21)36-19(2)38)13-12-28(42-5)35-23-14-22-26(41-4)16-34(45-20(3)39,29(23)30(22)43-6)24(31(35)37)15-27(33)35/h8-11,22-24,26-31H,7,12-18H2,1-6H3,(H,36,38). The van der Waals surface area contributed by atoms with Crippen LogP contribution >= 0.6 is 0 Å². The first-order chi connectivity index (χ1) is 21.6. The number of fused-ring (bicyclic) bond motifs is 2. The number of carbonyl (C=O) groups excluding carboxylic acids is 3. The SMILES string of the molecule is CCN1CC2(COC(=O)c3ccccc3NC(C)=O)CCC(OC)C34C5CC6C(OC)CC(OC(C)=O)(C(CC23)C14)C5C6OC. The van der Waals surface area contributed by atoms with E-state index in [1.165, 1.54) is 13.8 Å². The first-order valence-electron chi connectivity index (χ1n) is 16.7. The minimum absolute atomic E-state index is 0.0364. The van der Waals surface area contributed by atoms with Crippen molar-refractivity contribution in [3.63, 3.8) is 0 Å². The Bertz CT molecular complexity index is 1370. The largest absolute Gasteiger partial charge is 0.461 e. The van der Waals surface area contributed by atoms with Crippen molar-refractivity contribution in [3.8, 4) is 0 Å². The van der Waals surface area contributed by atoms with Crippen molar-refractivity contribution in [1.82, 2.24) is 4.90 Å². The number of hydrogen-bond donors (Lipinski definition) is 1. The number of methoxy groups -OCH3 is 3. The third-order valence-electron chi connectivity index (χ3n) is 13.2. The van der Waals surface area contributed by atoms with Gasteiger partial charge in [-0.05, 0) is 56.2 Å². The second kappa shape index (κ2) is 11.0. The molecule has 12 atom stereocenters. The molecule has 5 saturated carbocycles. The maximum Gasteiger partial charge on any atom is 0.340 e. The van der Waals surface area contributed by atoms with Crippen molar-refractivity contribution in [2.24, 2.45) is 40.4 Å². The second-order valence-corrected chi connectivity index (χ2v) is 14.6. The number of likely N-dealkylation sites (tertiary alicyclic amines) is 1. The molecule has 0 radical (unpaired) electrons. The molecule has 246 valence electrons. The Morgan fingerprint density at radius 1 is 1.02 bits per heavy atom. The van der Waals surface area contributed by atoms with E-state index in [2.05, 4.69) is 17.1 Å². The average Bonchev–Trinajstić information content (AvgIpc) is 3.48. The third kappa shape index (κ3) is 4.10. The molecule has 7 rings (SSSR count). The van der Waals surface area contributed by atoms with Gasteiger partial charge in [-0.2, -0.15) is 0 Å². The normalized spacial score (nSPS) is 43.9. The van der Waals surface area contributed by atoms with Gasteiger partial charge in [-0.15, -0.1) is 0 Å². The fraction of sp³-hybridized carbons (Fsp3) is 0.743. The summed E-state index contributed by atoms with van der Waals surface area (Å²) in [4.78, 5) is 41.1. The number of nitrogens with one attached hydrogen (secondary N) is 1. The van der Waals surface area contributed by atoms with Crippen LogP contribution in [0.2, 0.25) is 0 Å². The van der Waals surface area contributed by atoms with E-state index in [-0.39, 0.29) is 83.3 Å². The molecule has 1 aromatic carbocycles. The molecule has 6 aliphatic rings. The minimum atomic E-state index is -0.701. The average molecular weight is 625 g/mol. The molecule has 1 aromatic rings. The van der Waals surface area contributed by atoms with E-state index < -0.39 is 11.6 Å². The molecule has 0 aromatic heterocycles. The summed E-state index contributed by atoms with van der Waals surface area (Å²) < 4.78 is 31.9. The van der Waals surface area contributed by atoms with Gasteiger partial charge in [-0.3, -0.25) is 14.5 Å². The van der Waals surface area contributed by atoms with E-state index in [9.17, 15) is 14.4 Å². The van der Waals surface area contributed by atoms with Crippen molar-refractivity contribution in [1.29, 1.82) is 0 Å². The summed E-state index contributed by atoms with van der Waals surface area (Å²) >= 11 is 0. The van der Waals surface area contributed by atoms with Gasteiger partial charge in [0.15, 0.2) is 0 Å². The lowest BCUT2D eigenvalue weighted by Crippen LogP contribution is -2.77. The first-order valence-corrected chi connectivity index (χ1v) is 16.7. The van der Waals surface area contributed by atoms with Gasteiger partial charge in [0.25, 0.3) is 0 Å². The number of ether oxygens (including phenoxy) is 5. The molecule has 12 unspecified atom stereocenters. The van der Waals surface area contributed by atoms with Crippen molar-refractivity contribution in [2.75, 3.05) is 46.3 Å². The van der Waals surface area contributed by atoms with Crippen LogP contribution in [-0.4, -0.2) is 93.7 Å². The van der Waals surface area contributed by atoms with Gasteiger partial charge < -0.3 is 29.0 Å². The maximum atomic E-state index is 13.7.